The third kappa shape index (κ3) is 4.07. The lowest BCUT2D eigenvalue weighted by molar-refractivity contribution is 0.0777. The molecule has 5 heteroatoms. The Hall–Kier alpha value is -0.420. The normalized spacial score (nSPS) is 22.5. The molecule has 1 aromatic heterocycles. The Kier molecular flexibility index (Phi) is 5.33. The highest BCUT2D eigenvalue weighted by molar-refractivity contribution is 7.18. The van der Waals surface area contributed by atoms with Gasteiger partial charge in [0.25, 0.3) is 0 Å². The zero-order valence-corrected chi connectivity index (χ0v) is 14.0. The zero-order chi connectivity index (χ0) is 14.7. The van der Waals surface area contributed by atoms with Crippen LogP contribution in [-0.2, 0) is 0 Å². The largest absolute Gasteiger partial charge is 0.300 e. The first-order valence-electron chi connectivity index (χ1n) is 7.97. The van der Waals surface area contributed by atoms with E-state index < -0.39 is 0 Å². The number of ketones is 1. The van der Waals surface area contributed by atoms with E-state index >= 15 is 0 Å². The van der Waals surface area contributed by atoms with Crippen molar-refractivity contribution in [3.63, 3.8) is 0 Å². The van der Waals surface area contributed by atoms with E-state index in [1.807, 2.05) is 12.1 Å². The summed E-state index contributed by atoms with van der Waals surface area (Å²) in [7, 11) is 0. The highest BCUT2D eigenvalue weighted by Crippen LogP contribution is 2.24. The van der Waals surface area contributed by atoms with Gasteiger partial charge in [-0.05, 0) is 50.9 Å². The number of Topliss-reactive ketones (excluding diaryl/α,β-unsaturated/α-hetero) is 1. The summed E-state index contributed by atoms with van der Waals surface area (Å²) in [5.74, 6) is 0.211. The molecule has 1 aromatic rings. The van der Waals surface area contributed by atoms with E-state index in [0.717, 1.165) is 24.0 Å². The predicted octanol–water partition coefficient (Wildman–Crippen LogP) is 3.53. The second-order valence-corrected chi connectivity index (χ2v) is 7.85. The number of halogens is 1. The van der Waals surface area contributed by atoms with E-state index in [1.165, 1.54) is 56.5 Å². The van der Waals surface area contributed by atoms with E-state index in [4.69, 9.17) is 11.6 Å². The fourth-order valence-electron chi connectivity index (χ4n) is 3.47. The van der Waals surface area contributed by atoms with Crippen LogP contribution in [0.2, 0.25) is 4.34 Å². The van der Waals surface area contributed by atoms with Crippen LogP contribution in [-0.4, -0.2) is 54.3 Å². The summed E-state index contributed by atoms with van der Waals surface area (Å²) in [6, 6.07) is 4.39. The average Bonchev–Trinajstić information content (AvgIpc) is 2.96. The number of rotatable bonds is 4. The van der Waals surface area contributed by atoms with Crippen LogP contribution < -0.4 is 0 Å². The molecular formula is C16H23ClN2OS. The summed E-state index contributed by atoms with van der Waals surface area (Å²) in [5.41, 5.74) is 0. The first kappa shape index (κ1) is 15.5. The summed E-state index contributed by atoms with van der Waals surface area (Å²) in [6.45, 7) is 5.19. The van der Waals surface area contributed by atoms with Crippen molar-refractivity contribution in [1.82, 2.24) is 9.80 Å². The Labute approximate surface area is 135 Å². The molecule has 2 fully saturated rings. The number of hydrogen-bond acceptors (Lipinski definition) is 4. The van der Waals surface area contributed by atoms with Crippen LogP contribution in [0.5, 0.6) is 0 Å². The summed E-state index contributed by atoms with van der Waals surface area (Å²) < 4.78 is 0.696. The van der Waals surface area contributed by atoms with Crippen LogP contribution in [0, 0.1) is 0 Å². The van der Waals surface area contributed by atoms with Gasteiger partial charge in [-0.1, -0.05) is 18.0 Å². The lowest BCUT2D eigenvalue weighted by Crippen LogP contribution is -2.47. The summed E-state index contributed by atoms with van der Waals surface area (Å²) >= 11 is 7.29. The lowest BCUT2D eigenvalue weighted by atomic mass is 10.00. The molecule has 0 spiro atoms. The van der Waals surface area contributed by atoms with Crippen molar-refractivity contribution in [3.8, 4) is 0 Å². The molecule has 0 aromatic carbocycles. The van der Waals surface area contributed by atoms with E-state index in [0.29, 0.717) is 10.9 Å². The van der Waals surface area contributed by atoms with Gasteiger partial charge >= 0.3 is 0 Å². The Bertz CT molecular complexity index is 476. The molecule has 0 radical (unpaired) electrons. The second-order valence-electron chi connectivity index (χ2n) is 6.13. The molecule has 0 N–H and O–H groups in total. The number of thiophene rings is 1. The fraction of sp³-hybridized carbons (Fsp3) is 0.688. The topological polar surface area (TPSA) is 23.6 Å². The van der Waals surface area contributed by atoms with Gasteiger partial charge in [-0.2, -0.15) is 0 Å². The Morgan fingerprint density at radius 1 is 1.14 bits per heavy atom. The van der Waals surface area contributed by atoms with Gasteiger partial charge in [0.05, 0.1) is 15.8 Å². The highest BCUT2D eigenvalue weighted by Gasteiger charge is 2.26. The average molecular weight is 327 g/mol. The van der Waals surface area contributed by atoms with Crippen LogP contribution >= 0.6 is 22.9 Å². The van der Waals surface area contributed by atoms with Crippen molar-refractivity contribution >= 4 is 28.7 Å². The van der Waals surface area contributed by atoms with Crippen LogP contribution in [0.4, 0.5) is 0 Å². The van der Waals surface area contributed by atoms with Crippen molar-refractivity contribution in [3.05, 3.63) is 21.3 Å². The van der Waals surface area contributed by atoms with Gasteiger partial charge in [-0.3, -0.25) is 9.69 Å². The van der Waals surface area contributed by atoms with Gasteiger partial charge in [0.2, 0.25) is 0 Å². The number of carbonyl (C=O) groups is 1. The van der Waals surface area contributed by atoms with E-state index in [-0.39, 0.29) is 5.78 Å². The minimum atomic E-state index is 0.211. The van der Waals surface area contributed by atoms with E-state index in [9.17, 15) is 4.79 Å². The second kappa shape index (κ2) is 7.23. The maximum atomic E-state index is 12.2. The van der Waals surface area contributed by atoms with Crippen molar-refractivity contribution in [1.29, 1.82) is 0 Å². The van der Waals surface area contributed by atoms with E-state index in [2.05, 4.69) is 9.80 Å². The standard InChI is InChI=1S/C16H23ClN2OS/c17-16-5-4-15(21-16)14(20)12-18-10-6-13(7-11-18)19-8-2-1-3-9-19/h4-5,13H,1-3,6-12H2. The molecule has 3 rings (SSSR count). The molecule has 0 unspecified atom stereocenters. The van der Waals surface area contributed by atoms with Crippen molar-refractivity contribution in [2.24, 2.45) is 0 Å². The Balaban J connectivity index is 1.46. The third-order valence-electron chi connectivity index (χ3n) is 4.68. The van der Waals surface area contributed by atoms with Gasteiger partial charge in [-0.25, -0.2) is 0 Å². The van der Waals surface area contributed by atoms with Gasteiger partial charge in [0, 0.05) is 19.1 Å². The molecule has 2 aliphatic heterocycles. The first-order valence-corrected chi connectivity index (χ1v) is 9.17. The minimum absolute atomic E-state index is 0.211. The van der Waals surface area contributed by atoms with Crippen LogP contribution in [0.25, 0.3) is 0 Å². The SMILES string of the molecule is O=C(CN1CCC(N2CCCCC2)CC1)c1ccc(Cl)s1. The maximum absolute atomic E-state index is 12.2. The first-order chi connectivity index (χ1) is 10.2. The van der Waals surface area contributed by atoms with Crippen molar-refractivity contribution in [2.75, 3.05) is 32.7 Å². The zero-order valence-electron chi connectivity index (χ0n) is 12.4. The molecule has 0 aliphatic carbocycles. The quantitative estimate of drug-likeness (QED) is 0.791. The summed E-state index contributed by atoms with van der Waals surface area (Å²) in [4.78, 5) is 18.0. The van der Waals surface area contributed by atoms with E-state index in [1.54, 1.807) is 0 Å². The van der Waals surface area contributed by atoms with Gasteiger partial charge in [0.1, 0.15) is 0 Å². The molecular weight excluding hydrogens is 304 g/mol. The smallest absolute Gasteiger partial charge is 0.186 e. The van der Waals surface area contributed by atoms with Gasteiger partial charge in [0.15, 0.2) is 5.78 Å². The number of carbonyl (C=O) groups excluding carboxylic acids is 1. The molecule has 21 heavy (non-hydrogen) atoms. The molecule has 116 valence electrons. The Morgan fingerprint density at radius 2 is 1.86 bits per heavy atom. The molecule has 3 nitrogen and oxygen atoms in total. The lowest BCUT2D eigenvalue weighted by Gasteiger charge is -2.40. The molecule has 0 saturated carbocycles. The van der Waals surface area contributed by atoms with Crippen LogP contribution in [0.1, 0.15) is 41.8 Å². The maximum Gasteiger partial charge on any atom is 0.186 e. The minimum Gasteiger partial charge on any atom is -0.300 e. The number of nitrogens with zero attached hydrogens (tertiary/aromatic N) is 2. The molecule has 2 saturated heterocycles. The summed E-state index contributed by atoms with van der Waals surface area (Å²) in [5, 5.41) is 0. The molecule has 0 atom stereocenters. The van der Waals surface area contributed by atoms with Gasteiger partial charge in [-0.15, -0.1) is 11.3 Å². The number of piperidine rings is 2. The van der Waals surface area contributed by atoms with Gasteiger partial charge < -0.3 is 4.90 Å². The molecule has 3 heterocycles. The highest BCUT2D eigenvalue weighted by atomic mass is 35.5. The molecule has 2 aliphatic rings. The van der Waals surface area contributed by atoms with Crippen molar-refractivity contribution in [2.45, 2.75) is 38.1 Å². The predicted molar refractivity (Wildman–Crippen MR) is 88.5 cm³/mol. The van der Waals surface area contributed by atoms with Crippen LogP contribution in [0.3, 0.4) is 0 Å². The number of likely N-dealkylation sites (tertiary alicyclic amines) is 2. The monoisotopic (exact) mass is 326 g/mol. The fourth-order valence-corrected chi connectivity index (χ4v) is 4.44. The number of hydrogen-bond donors (Lipinski definition) is 0. The van der Waals surface area contributed by atoms with Crippen molar-refractivity contribution < 1.29 is 4.79 Å². The third-order valence-corrected chi connectivity index (χ3v) is 5.95. The van der Waals surface area contributed by atoms with Crippen LogP contribution in [0.15, 0.2) is 12.1 Å². The Morgan fingerprint density at radius 3 is 2.48 bits per heavy atom. The molecule has 0 bridgehead atoms. The summed E-state index contributed by atoms with van der Waals surface area (Å²) in [6.07, 6.45) is 6.53. The molecule has 0 amide bonds.